The van der Waals surface area contributed by atoms with E-state index in [4.69, 9.17) is 4.74 Å². The zero-order chi connectivity index (χ0) is 22.0. The van der Waals surface area contributed by atoms with Crippen LogP contribution in [0.25, 0.3) is 0 Å². The number of phenolic OH excluding ortho intramolecular Hbond substituents is 1. The number of hydrogen-bond acceptors (Lipinski definition) is 7. The van der Waals surface area contributed by atoms with Gasteiger partial charge in [-0.1, -0.05) is 25.8 Å². The van der Waals surface area contributed by atoms with Gasteiger partial charge in [0.15, 0.2) is 17.3 Å². The fraction of sp³-hybridized carbons (Fsp3) is 0.409. The van der Waals surface area contributed by atoms with Crippen LogP contribution in [0, 0.1) is 13.8 Å². The van der Waals surface area contributed by atoms with Gasteiger partial charge in [0, 0.05) is 6.54 Å². The average Bonchev–Trinajstić information content (AvgIpc) is 3.18. The number of aromatic nitrogens is 1. The topological polar surface area (TPSA) is 100.0 Å². The fourth-order valence-corrected chi connectivity index (χ4v) is 4.61. The number of nitrogens with zero attached hydrogens (tertiary/aromatic N) is 2. The Labute approximate surface area is 179 Å². The summed E-state index contributed by atoms with van der Waals surface area (Å²) in [6.07, 6.45) is 2.64. The summed E-state index contributed by atoms with van der Waals surface area (Å²) in [7, 11) is 1.44. The normalized spacial score (nSPS) is 16.5. The molecular formula is C22H26N2O5S. The van der Waals surface area contributed by atoms with Gasteiger partial charge >= 0.3 is 0 Å². The molecule has 2 aromatic rings. The Morgan fingerprint density at radius 1 is 1.27 bits per heavy atom. The van der Waals surface area contributed by atoms with Gasteiger partial charge in [-0.3, -0.25) is 9.59 Å². The summed E-state index contributed by atoms with van der Waals surface area (Å²) in [4.78, 5) is 32.5. The summed E-state index contributed by atoms with van der Waals surface area (Å²) in [5.41, 5.74) is 1.12. The molecule has 0 bridgehead atoms. The predicted octanol–water partition coefficient (Wildman–Crippen LogP) is 4.24. The molecule has 8 heteroatoms. The maximum atomic E-state index is 13.4. The Bertz CT molecular complexity index is 1010. The van der Waals surface area contributed by atoms with Crippen molar-refractivity contribution in [3.8, 4) is 11.5 Å². The monoisotopic (exact) mass is 430 g/mol. The number of aryl methyl sites for hydroxylation is 2. The summed E-state index contributed by atoms with van der Waals surface area (Å²) in [5, 5.41) is 21.7. The minimum Gasteiger partial charge on any atom is -0.504 e. The quantitative estimate of drug-likeness (QED) is 0.480. The highest BCUT2D eigenvalue weighted by Gasteiger charge is 2.44. The lowest BCUT2D eigenvalue weighted by molar-refractivity contribution is -0.129. The second-order valence-electron chi connectivity index (χ2n) is 7.28. The Kier molecular flexibility index (Phi) is 6.45. The molecule has 1 aromatic carbocycles. The van der Waals surface area contributed by atoms with E-state index in [0.717, 1.165) is 24.3 Å². The maximum absolute atomic E-state index is 13.4. The van der Waals surface area contributed by atoms with Crippen LogP contribution in [0.1, 0.15) is 58.2 Å². The number of carbonyl (C=O) groups excluding carboxylic acids is 2. The van der Waals surface area contributed by atoms with E-state index in [1.54, 1.807) is 26.0 Å². The minimum atomic E-state index is -0.791. The first-order valence-corrected chi connectivity index (χ1v) is 10.7. The molecule has 0 saturated carbocycles. The Morgan fingerprint density at radius 3 is 2.57 bits per heavy atom. The molecule has 0 aliphatic carbocycles. The van der Waals surface area contributed by atoms with Gasteiger partial charge in [0.2, 0.25) is 5.78 Å². The molecule has 0 fully saturated rings. The van der Waals surface area contributed by atoms with Crippen molar-refractivity contribution >= 4 is 23.0 Å². The molecular weight excluding hydrogens is 404 g/mol. The number of thiazole rings is 1. The first kappa shape index (κ1) is 21.8. The number of methoxy groups -OCH3 is 1. The second-order valence-corrected chi connectivity index (χ2v) is 8.48. The summed E-state index contributed by atoms with van der Waals surface area (Å²) in [6, 6.07) is 3.96. The van der Waals surface area contributed by atoms with E-state index in [-0.39, 0.29) is 17.1 Å². The van der Waals surface area contributed by atoms with Crippen LogP contribution < -0.4 is 4.74 Å². The molecule has 1 unspecified atom stereocenters. The van der Waals surface area contributed by atoms with Gasteiger partial charge in [-0.25, -0.2) is 4.98 Å². The van der Waals surface area contributed by atoms with Crippen molar-refractivity contribution in [1.82, 2.24) is 9.88 Å². The van der Waals surface area contributed by atoms with Crippen molar-refractivity contribution in [1.29, 1.82) is 0 Å². The van der Waals surface area contributed by atoms with Crippen molar-refractivity contribution in [2.75, 3.05) is 13.7 Å². The van der Waals surface area contributed by atoms with Gasteiger partial charge in [-0.2, -0.15) is 0 Å². The summed E-state index contributed by atoms with van der Waals surface area (Å²) >= 11 is 1.24. The van der Waals surface area contributed by atoms with Crippen LogP contribution in [0.5, 0.6) is 11.5 Å². The molecule has 2 N–H and O–H groups in total. The molecule has 1 aliphatic rings. The highest BCUT2D eigenvalue weighted by atomic mass is 32.1. The predicted molar refractivity (Wildman–Crippen MR) is 114 cm³/mol. The van der Waals surface area contributed by atoms with Crippen molar-refractivity contribution in [2.24, 2.45) is 0 Å². The average molecular weight is 431 g/mol. The Hall–Kier alpha value is -2.87. The molecule has 1 amide bonds. The molecule has 0 saturated heterocycles. The molecule has 3 rings (SSSR count). The minimum absolute atomic E-state index is 0.0211. The number of aliphatic hydroxyl groups is 1. The molecule has 1 atom stereocenters. The number of unbranched alkanes of at least 4 members (excludes halogenated alkanes) is 2. The first-order chi connectivity index (χ1) is 14.3. The van der Waals surface area contributed by atoms with Crippen LogP contribution in [0.2, 0.25) is 0 Å². The number of rotatable bonds is 8. The summed E-state index contributed by atoms with van der Waals surface area (Å²) in [5.74, 6) is -1.34. The molecule has 160 valence electrons. The largest absolute Gasteiger partial charge is 0.504 e. The van der Waals surface area contributed by atoms with Crippen LogP contribution >= 0.6 is 11.3 Å². The molecule has 1 aromatic heterocycles. The third-order valence-electron chi connectivity index (χ3n) is 5.18. The number of aromatic hydroxyl groups is 1. The van der Waals surface area contributed by atoms with Crippen LogP contribution in [0.3, 0.4) is 0 Å². The molecule has 30 heavy (non-hydrogen) atoms. The van der Waals surface area contributed by atoms with Gasteiger partial charge in [-0.05, 0) is 38.0 Å². The van der Waals surface area contributed by atoms with Crippen LogP contribution in [0.15, 0.2) is 29.5 Å². The first-order valence-electron chi connectivity index (χ1n) is 9.89. The highest BCUT2D eigenvalue weighted by molar-refractivity contribution is 7.14. The molecule has 0 spiro atoms. The second kappa shape index (κ2) is 8.87. The number of ether oxygens (including phenoxy) is 1. The molecule has 7 nitrogen and oxygen atoms in total. The highest BCUT2D eigenvalue weighted by Crippen LogP contribution is 2.42. The van der Waals surface area contributed by atoms with Crippen LogP contribution in [-0.4, -0.2) is 45.4 Å². The number of ketones is 1. The van der Waals surface area contributed by atoms with E-state index < -0.39 is 23.5 Å². The number of phenols is 1. The summed E-state index contributed by atoms with van der Waals surface area (Å²) < 4.78 is 5.11. The molecule has 0 radical (unpaired) electrons. The number of benzene rings is 1. The van der Waals surface area contributed by atoms with Crippen molar-refractivity contribution in [3.05, 3.63) is 50.7 Å². The van der Waals surface area contributed by atoms with Gasteiger partial charge in [0.25, 0.3) is 5.91 Å². The van der Waals surface area contributed by atoms with E-state index in [1.807, 2.05) is 0 Å². The van der Waals surface area contributed by atoms with E-state index >= 15 is 0 Å². The number of amides is 1. The van der Waals surface area contributed by atoms with E-state index in [2.05, 4.69) is 11.9 Å². The lowest BCUT2D eigenvalue weighted by Gasteiger charge is -2.27. The number of Topliss-reactive ketones (excluding diaryl/α,β-unsaturated/α-hetero) is 1. The van der Waals surface area contributed by atoms with Crippen LogP contribution in [0.4, 0.5) is 0 Å². The maximum Gasteiger partial charge on any atom is 0.290 e. The lowest BCUT2D eigenvalue weighted by Crippen LogP contribution is -2.32. The number of carbonyl (C=O) groups is 2. The number of hydrogen-bond donors (Lipinski definition) is 2. The number of aliphatic hydroxyl groups excluding tert-OH is 1. The van der Waals surface area contributed by atoms with E-state index in [1.165, 1.54) is 29.4 Å². The zero-order valence-corrected chi connectivity index (χ0v) is 18.4. The van der Waals surface area contributed by atoms with E-state index in [9.17, 15) is 19.8 Å². The van der Waals surface area contributed by atoms with Crippen molar-refractivity contribution < 1.29 is 24.5 Å². The van der Waals surface area contributed by atoms with Gasteiger partial charge in [0.1, 0.15) is 0 Å². The third kappa shape index (κ3) is 3.92. The van der Waals surface area contributed by atoms with Gasteiger partial charge < -0.3 is 19.8 Å². The SMILES string of the molecule is CCCCCN1C(=O)C(O)=C(C(=O)c2sc(C)nc2C)C1c1ccc(OC)c(O)c1. The lowest BCUT2D eigenvalue weighted by atomic mass is 9.94. The van der Waals surface area contributed by atoms with Gasteiger partial charge in [0.05, 0.1) is 34.3 Å². The van der Waals surface area contributed by atoms with Crippen molar-refractivity contribution in [2.45, 2.75) is 46.1 Å². The summed E-state index contributed by atoms with van der Waals surface area (Å²) in [6.45, 7) is 5.99. The standard InChI is InChI=1S/C22H26N2O5S/c1-5-6-7-10-24-18(14-8-9-16(29-4)15(25)11-14)17(20(27)22(24)28)19(26)21-12(2)23-13(3)30-21/h8-9,11,18,25,27H,5-7,10H2,1-4H3. The smallest absolute Gasteiger partial charge is 0.290 e. The Morgan fingerprint density at radius 2 is 2.00 bits per heavy atom. The zero-order valence-electron chi connectivity index (χ0n) is 17.6. The van der Waals surface area contributed by atoms with Crippen molar-refractivity contribution in [3.63, 3.8) is 0 Å². The fourth-order valence-electron chi connectivity index (χ4n) is 3.74. The van der Waals surface area contributed by atoms with E-state index in [0.29, 0.717) is 22.7 Å². The molecule has 2 heterocycles. The third-order valence-corrected chi connectivity index (χ3v) is 6.25. The van der Waals surface area contributed by atoms with Gasteiger partial charge in [-0.15, -0.1) is 11.3 Å². The van der Waals surface area contributed by atoms with Crippen LogP contribution in [-0.2, 0) is 4.79 Å². The Balaban J connectivity index is 2.09. The molecule has 1 aliphatic heterocycles.